The smallest absolute Gasteiger partial charge is 0.335 e. The quantitative estimate of drug-likeness (QED) is 0.841. The lowest BCUT2D eigenvalue weighted by molar-refractivity contribution is 0.0696. The van der Waals surface area contributed by atoms with Crippen molar-refractivity contribution in [3.63, 3.8) is 0 Å². The molecule has 0 radical (unpaired) electrons. The van der Waals surface area contributed by atoms with Crippen LogP contribution >= 0.6 is 0 Å². The SMILES string of the molecule is O=C(O)c1cccc(CS(=O)(=O)NCc2ccncc2)c1. The van der Waals surface area contributed by atoms with Gasteiger partial charge in [-0.05, 0) is 35.4 Å². The summed E-state index contributed by atoms with van der Waals surface area (Å²) in [5.74, 6) is -1.35. The lowest BCUT2D eigenvalue weighted by atomic mass is 10.1. The zero-order valence-corrected chi connectivity index (χ0v) is 11.9. The highest BCUT2D eigenvalue weighted by atomic mass is 32.2. The number of carboxylic acid groups (broad SMARTS) is 1. The Balaban J connectivity index is 2.04. The van der Waals surface area contributed by atoms with E-state index < -0.39 is 16.0 Å². The maximum atomic E-state index is 12.0. The third-order valence-electron chi connectivity index (χ3n) is 2.78. The number of rotatable bonds is 6. The van der Waals surface area contributed by atoms with E-state index in [0.29, 0.717) is 5.56 Å². The second-order valence-electron chi connectivity index (χ2n) is 4.44. The molecular formula is C14H14N2O4S. The van der Waals surface area contributed by atoms with Crippen molar-refractivity contribution in [2.45, 2.75) is 12.3 Å². The van der Waals surface area contributed by atoms with Crippen LogP contribution in [-0.2, 0) is 22.3 Å². The van der Waals surface area contributed by atoms with Crippen LogP contribution in [0.3, 0.4) is 0 Å². The van der Waals surface area contributed by atoms with Gasteiger partial charge in [0.05, 0.1) is 11.3 Å². The topological polar surface area (TPSA) is 96.4 Å². The van der Waals surface area contributed by atoms with Gasteiger partial charge < -0.3 is 5.11 Å². The molecule has 0 saturated heterocycles. The summed E-state index contributed by atoms with van der Waals surface area (Å²) >= 11 is 0. The Labute approximate surface area is 122 Å². The maximum Gasteiger partial charge on any atom is 0.335 e. The van der Waals surface area contributed by atoms with Gasteiger partial charge in [-0.15, -0.1) is 0 Å². The molecule has 1 aromatic heterocycles. The number of hydrogen-bond acceptors (Lipinski definition) is 4. The van der Waals surface area contributed by atoms with Gasteiger partial charge in [-0.1, -0.05) is 12.1 Å². The van der Waals surface area contributed by atoms with E-state index in [1.54, 1.807) is 30.6 Å². The monoisotopic (exact) mass is 306 g/mol. The number of hydrogen-bond donors (Lipinski definition) is 2. The molecule has 7 heteroatoms. The summed E-state index contributed by atoms with van der Waals surface area (Å²) < 4.78 is 26.4. The van der Waals surface area contributed by atoms with Crippen LogP contribution in [0.15, 0.2) is 48.8 Å². The van der Waals surface area contributed by atoms with Gasteiger partial charge in [0.2, 0.25) is 10.0 Å². The molecular weight excluding hydrogens is 292 g/mol. The Morgan fingerprint density at radius 3 is 2.52 bits per heavy atom. The lowest BCUT2D eigenvalue weighted by Crippen LogP contribution is -2.24. The highest BCUT2D eigenvalue weighted by Crippen LogP contribution is 2.09. The van der Waals surface area contributed by atoms with E-state index in [2.05, 4.69) is 9.71 Å². The van der Waals surface area contributed by atoms with E-state index >= 15 is 0 Å². The molecule has 1 heterocycles. The van der Waals surface area contributed by atoms with Crippen molar-refractivity contribution in [1.29, 1.82) is 0 Å². The predicted octanol–water partition coefficient (Wildman–Crippen LogP) is 1.40. The largest absolute Gasteiger partial charge is 0.478 e. The molecule has 0 atom stereocenters. The molecule has 0 aliphatic carbocycles. The van der Waals surface area contributed by atoms with Gasteiger partial charge in [-0.3, -0.25) is 4.98 Å². The van der Waals surface area contributed by atoms with Crippen molar-refractivity contribution in [3.05, 3.63) is 65.5 Å². The number of benzene rings is 1. The van der Waals surface area contributed by atoms with E-state index in [4.69, 9.17) is 5.11 Å². The van der Waals surface area contributed by atoms with Gasteiger partial charge in [0, 0.05) is 18.9 Å². The maximum absolute atomic E-state index is 12.0. The molecule has 0 saturated carbocycles. The summed E-state index contributed by atoms with van der Waals surface area (Å²) in [5.41, 5.74) is 1.29. The van der Waals surface area contributed by atoms with Gasteiger partial charge in [0.15, 0.2) is 0 Å². The molecule has 0 amide bonds. The lowest BCUT2D eigenvalue weighted by Gasteiger charge is -2.07. The first kappa shape index (κ1) is 15.1. The minimum atomic E-state index is -3.54. The van der Waals surface area contributed by atoms with Crippen molar-refractivity contribution < 1.29 is 18.3 Å². The minimum Gasteiger partial charge on any atom is -0.478 e. The van der Waals surface area contributed by atoms with E-state index in [9.17, 15) is 13.2 Å². The Morgan fingerprint density at radius 1 is 1.14 bits per heavy atom. The first-order valence-corrected chi connectivity index (χ1v) is 7.80. The highest BCUT2D eigenvalue weighted by molar-refractivity contribution is 7.88. The van der Waals surface area contributed by atoms with Gasteiger partial charge in [0.25, 0.3) is 0 Å². The Kier molecular flexibility index (Phi) is 4.66. The highest BCUT2D eigenvalue weighted by Gasteiger charge is 2.12. The number of sulfonamides is 1. The van der Waals surface area contributed by atoms with Gasteiger partial charge >= 0.3 is 5.97 Å². The van der Waals surface area contributed by atoms with Crippen LogP contribution < -0.4 is 4.72 Å². The molecule has 1 aromatic carbocycles. The first-order chi connectivity index (χ1) is 9.96. The molecule has 0 aliphatic rings. The molecule has 0 fully saturated rings. The zero-order valence-electron chi connectivity index (χ0n) is 11.1. The van der Waals surface area contributed by atoms with Crippen molar-refractivity contribution in [1.82, 2.24) is 9.71 Å². The zero-order chi connectivity index (χ0) is 15.3. The van der Waals surface area contributed by atoms with Crippen LogP contribution in [0.5, 0.6) is 0 Å². The molecule has 0 spiro atoms. The Morgan fingerprint density at radius 2 is 1.86 bits per heavy atom. The average Bonchev–Trinajstić information content (AvgIpc) is 2.46. The van der Waals surface area contributed by atoms with Gasteiger partial charge in [0.1, 0.15) is 0 Å². The van der Waals surface area contributed by atoms with Crippen LogP contribution in [0.2, 0.25) is 0 Å². The van der Waals surface area contributed by atoms with Crippen LogP contribution in [0.4, 0.5) is 0 Å². The normalized spacial score (nSPS) is 11.2. The Bertz CT molecular complexity index is 730. The minimum absolute atomic E-state index is 0.0665. The third-order valence-corrected chi connectivity index (χ3v) is 4.07. The fourth-order valence-electron chi connectivity index (χ4n) is 1.76. The number of pyridine rings is 1. The van der Waals surface area contributed by atoms with Crippen LogP contribution in [-0.4, -0.2) is 24.5 Å². The third kappa shape index (κ3) is 4.66. The summed E-state index contributed by atoms with van der Waals surface area (Å²) in [6.45, 7) is 0.170. The van der Waals surface area contributed by atoms with E-state index in [0.717, 1.165) is 5.56 Å². The van der Waals surface area contributed by atoms with Crippen molar-refractivity contribution >= 4 is 16.0 Å². The number of nitrogens with zero attached hydrogens (tertiary/aromatic N) is 1. The van der Waals surface area contributed by atoms with Crippen molar-refractivity contribution in [2.75, 3.05) is 0 Å². The predicted molar refractivity (Wildman–Crippen MR) is 77.1 cm³/mol. The molecule has 0 unspecified atom stereocenters. The molecule has 2 rings (SSSR count). The van der Waals surface area contributed by atoms with Crippen molar-refractivity contribution in [2.24, 2.45) is 0 Å². The summed E-state index contributed by atoms with van der Waals surface area (Å²) in [5, 5.41) is 8.89. The molecule has 6 nitrogen and oxygen atoms in total. The van der Waals surface area contributed by atoms with E-state index in [1.165, 1.54) is 18.2 Å². The first-order valence-electron chi connectivity index (χ1n) is 6.15. The summed E-state index contributed by atoms with van der Waals surface area (Å²) in [4.78, 5) is 14.7. The number of carbonyl (C=O) groups is 1. The molecule has 0 bridgehead atoms. The van der Waals surface area contributed by atoms with E-state index in [-0.39, 0.29) is 17.9 Å². The number of nitrogens with one attached hydrogen (secondary N) is 1. The summed E-state index contributed by atoms with van der Waals surface area (Å²) in [7, 11) is -3.54. The van der Waals surface area contributed by atoms with Crippen LogP contribution in [0.25, 0.3) is 0 Å². The number of aromatic carboxylic acids is 1. The van der Waals surface area contributed by atoms with Crippen LogP contribution in [0, 0.1) is 0 Å². The molecule has 110 valence electrons. The molecule has 2 N–H and O–H groups in total. The number of aromatic nitrogens is 1. The van der Waals surface area contributed by atoms with Crippen LogP contribution in [0.1, 0.15) is 21.5 Å². The second-order valence-corrected chi connectivity index (χ2v) is 6.25. The molecule has 0 aliphatic heterocycles. The average molecular weight is 306 g/mol. The fourth-order valence-corrected chi connectivity index (χ4v) is 2.87. The second kappa shape index (κ2) is 6.47. The fraction of sp³-hybridized carbons (Fsp3) is 0.143. The number of carboxylic acids is 1. The van der Waals surface area contributed by atoms with Crippen molar-refractivity contribution in [3.8, 4) is 0 Å². The molecule has 21 heavy (non-hydrogen) atoms. The Hall–Kier alpha value is -2.25. The van der Waals surface area contributed by atoms with Gasteiger partial charge in [-0.2, -0.15) is 0 Å². The van der Waals surface area contributed by atoms with E-state index in [1.807, 2.05) is 0 Å². The van der Waals surface area contributed by atoms with Gasteiger partial charge in [-0.25, -0.2) is 17.9 Å². The summed E-state index contributed by atoms with van der Waals surface area (Å²) in [6.07, 6.45) is 3.17. The summed E-state index contributed by atoms with van der Waals surface area (Å²) in [6, 6.07) is 9.31. The molecule has 2 aromatic rings. The standard InChI is InChI=1S/C14H14N2O4S/c17-14(18)13-3-1-2-12(8-13)10-21(19,20)16-9-11-4-6-15-7-5-11/h1-8,16H,9-10H2,(H,17,18).